The van der Waals surface area contributed by atoms with Crippen LogP contribution in [0.1, 0.15) is 10.4 Å². The average molecular weight is 342 g/mol. The second kappa shape index (κ2) is 6.48. The summed E-state index contributed by atoms with van der Waals surface area (Å²) < 4.78 is 11.5. The Bertz CT molecular complexity index is 957. The zero-order chi connectivity index (χ0) is 18.0. The first kappa shape index (κ1) is 16.2. The van der Waals surface area contributed by atoms with Crippen molar-refractivity contribution in [3.63, 3.8) is 0 Å². The average Bonchev–Trinajstić information content (AvgIpc) is 3.00. The molecule has 0 spiro atoms. The quantitative estimate of drug-likeness (QED) is 0.642. The largest absolute Gasteiger partial charge is 0.484 e. The van der Waals surface area contributed by atoms with Gasteiger partial charge in [0.05, 0.1) is 12.7 Å². The highest BCUT2D eigenvalue weighted by Crippen LogP contribution is 2.23. The standard InChI is InChI=1S/C16H14N4O5/c1-24-16(23)12-7-20(6-11-14(12)18-19-15(11)22)9-2-4-10(5-3-9)25-8-13(17)21/h2-7H,8H2,1H3,(H2,17,21)(H,19,22). The van der Waals surface area contributed by atoms with E-state index in [-0.39, 0.29) is 23.4 Å². The fraction of sp³-hybridized carbons (Fsp3) is 0.125. The molecular formula is C16H14N4O5. The van der Waals surface area contributed by atoms with Crippen LogP contribution in [0.4, 0.5) is 0 Å². The zero-order valence-corrected chi connectivity index (χ0v) is 13.2. The Kier molecular flexibility index (Phi) is 4.21. The summed E-state index contributed by atoms with van der Waals surface area (Å²) in [5, 5.41) is 6.18. The number of rotatable bonds is 5. The number of ether oxygens (including phenoxy) is 2. The lowest BCUT2D eigenvalue weighted by Gasteiger charge is -2.12. The molecule has 0 saturated heterocycles. The Morgan fingerprint density at radius 3 is 2.60 bits per heavy atom. The number of nitrogens with zero attached hydrogens (tertiary/aromatic N) is 2. The summed E-state index contributed by atoms with van der Waals surface area (Å²) in [6, 6.07) is 6.68. The number of H-pyrrole nitrogens is 1. The van der Waals surface area contributed by atoms with E-state index in [9.17, 15) is 14.4 Å². The minimum Gasteiger partial charge on any atom is -0.484 e. The first-order chi connectivity index (χ1) is 12.0. The van der Waals surface area contributed by atoms with Crippen LogP contribution in [0.2, 0.25) is 0 Å². The molecule has 0 aromatic heterocycles. The smallest absolute Gasteiger partial charge is 0.341 e. The molecule has 0 radical (unpaired) electrons. The summed E-state index contributed by atoms with van der Waals surface area (Å²) in [6.45, 7) is -0.223. The molecule has 3 rings (SSSR count). The van der Waals surface area contributed by atoms with Crippen molar-refractivity contribution in [1.29, 1.82) is 0 Å². The van der Waals surface area contributed by atoms with Gasteiger partial charge in [0.25, 0.3) is 11.5 Å². The molecule has 1 amide bonds. The van der Waals surface area contributed by atoms with E-state index < -0.39 is 17.4 Å². The van der Waals surface area contributed by atoms with Gasteiger partial charge in [0.2, 0.25) is 0 Å². The lowest BCUT2D eigenvalue weighted by molar-refractivity contribution is -0.119. The molecule has 25 heavy (non-hydrogen) atoms. The molecule has 9 heteroatoms. The van der Waals surface area contributed by atoms with Crippen LogP contribution in [-0.4, -0.2) is 40.4 Å². The topological polar surface area (TPSA) is 129 Å². The van der Waals surface area contributed by atoms with Crippen molar-refractivity contribution in [3.8, 4) is 22.7 Å². The van der Waals surface area contributed by atoms with E-state index in [0.717, 1.165) is 0 Å². The van der Waals surface area contributed by atoms with Gasteiger partial charge in [0.1, 0.15) is 17.0 Å². The summed E-state index contributed by atoms with van der Waals surface area (Å²) in [5.41, 5.74) is 5.95. The molecule has 0 atom stereocenters. The Hall–Kier alpha value is -3.62. The number of nitrogens with one attached hydrogen (secondary N) is 1. The van der Waals surface area contributed by atoms with Crippen LogP contribution in [0.25, 0.3) is 16.9 Å². The number of aromatic amines is 1. The van der Waals surface area contributed by atoms with Crippen molar-refractivity contribution >= 4 is 11.9 Å². The van der Waals surface area contributed by atoms with Crippen LogP contribution in [-0.2, 0) is 9.53 Å². The molecule has 0 saturated carbocycles. The number of primary amides is 1. The number of nitrogens with two attached hydrogens (primary N) is 1. The molecule has 0 bridgehead atoms. The van der Waals surface area contributed by atoms with Crippen molar-refractivity contribution in [3.05, 3.63) is 52.6 Å². The molecule has 1 aromatic carbocycles. The highest BCUT2D eigenvalue weighted by atomic mass is 16.5. The monoisotopic (exact) mass is 342 g/mol. The minimum absolute atomic E-state index is 0.160. The second-order valence-electron chi connectivity index (χ2n) is 5.13. The summed E-state index contributed by atoms with van der Waals surface area (Å²) in [7, 11) is 1.25. The van der Waals surface area contributed by atoms with Crippen molar-refractivity contribution in [1.82, 2.24) is 14.8 Å². The number of benzene rings is 1. The number of methoxy groups -OCH3 is 1. The van der Waals surface area contributed by atoms with Crippen LogP contribution >= 0.6 is 0 Å². The summed E-state index contributed by atoms with van der Waals surface area (Å²) >= 11 is 0. The van der Waals surface area contributed by atoms with Gasteiger partial charge in [0, 0.05) is 18.1 Å². The summed E-state index contributed by atoms with van der Waals surface area (Å²) in [6.07, 6.45) is 3.08. The van der Waals surface area contributed by atoms with Gasteiger partial charge in [-0.25, -0.2) is 9.89 Å². The van der Waals surface area contributed by atoms with Gasteiger partial charge in [-0.1, -0.05) is 0 Å². The molecule has 0 fully saturated rings. The third kappa shape index (κ3) is 3.20. The molecule has 1 aromatic rings. The van der Waals surface area contributed by atoms with E-state index in [1.54, 1.807) is 35.0 Å². The van der Waals surface area contributed by atoms with Gasteiger partial charge in [0.15, 0.2) is 6.61 Å². The van der Waals surface area contributed by atoms with Gasteiger partial charge in [-0.2, -0.15) is 5.10 Å². The van der Waals surface area contributed by atoms with Gasteiger partial charge < -0.3 is 19.8 Å². The van der Waals surface area contributed by atoms with E-state index in [1.807, 2.05) is 0 Å². The highest BCUT2D eigenvalue weighted by molar-refractivity contribution is 5.96. The number of carbonyl (C=O) groups excluding carboxylic acids is 2. The third-order valence-electron chi connectivity index (χ3n) is 3.48. The number of pyridine rings is 1. The van der Waals surface area contributed by atoms with Crippen LogP contribution in [0.5, 0.6) is 5.75 Å². The van der Waals surface area contributed by atoms with Crippen LogP contribution in [0.15, 0.2) is 41.5 Å². The Balaban J connectivity index is 2.02. The van der Waals surface area contributed by atoms with Crippen molar-refractivity contribution in [2.24, 2.45) is 5.73 Å². The predicted molar refractivity (Wildman–Crippen MR) is 86.8 cm³/mol. The van der Waals surface area contributed by atoms with Crippen molar-refractivity contribution in [2.75, 3.05) is 13.7 Å². The fourth-order valence-corrected chi connectivity index (χ4v) is 2.31. The normalized spacial score (nSPS) is 10.6. The van der Waals surface area contributed by atoms with Gasteiger partial charge >= 0.3 is 5.97 Å². The van der Waals surface area contributed by atoms with Crippen molar-refractivity contribution in [2.45, 2.75) is 0 Å². The first-order valence-electron chi connectivity index (χ1n) is 7.20. The molecule has 2 aliphatic rings. The molecule has 128 valence electrons. The van der Waals surface area contributed by atoms with Gasteiger partial charge in [-0.15, -0.1) is 0 Å². The molecule has 9 nitrogen and oxygen atoms in total. The molecular weight excluding hydrogens is 328 g/mol. The number of hydrogen-bond acceptors (Lipinski definition) is 6. The number of carbonyl (C=O) groups is 2. The van der Waals surface area contributed by atoms with E-state index in [0.29, 0.717) is 11.4 Å². The maximum atomic E-state index is 12.0. The van der Waals surface area contributed by atoms with E-state index >= 15 is 0 Å². The van der Waals surface area contributed by atoms with Gasteiger partial charge in [-0.3, -0.25) is 9.59 Å². The first-order valence-corrected chi connectivity index (χ1v) is 7.20. The number of aromatic nitrogens is 3. The zero-order valence-electron chi connectivity index (χ0n) is 13.2. The number of amides is 1. The van der Waals surface area contributed by atoms with Crippen LogP contribution in [0, 0.1) is 0 Å². The van der Waals surface area contributed by atoms with Gasteiger partial charge in [-0.05, 0) is 24.3 Å². The molecule has 2 heterocycles. The number of fused-ring (bicyclic) bond motifs is 1. The summed E-state index contributed by atoms with van der Waals surface area (Å²) in [5.74, 6) is -0.716. The molecule has 0 unspecified atom stereocenters. The maximum Gasteiger partial charge on any atom is 0.341 e. The third-order valence-corrected chi connectivity index (χ3v) is 3.48. The Morgan fingerprint density at radius 2 is 1.96 bits per heavy atom. The maximum absolute atomic E-state index is 12.0. The number of esters is 1. The Morgan fingerprint density at radius 1 is 1.24 bits per heavy atom. The second-order valence-corrected chi connectivity index (χ2v) is 5.13. The lowest BCUT2D eigenvalue weighted by atomic mass is 10.1. The highest BCUT2D eigenvalue weighted by Gasteiger charge is 2.22. The number of hydrogen-bond donors (Lipinski definition) is 2. The van der Waals surface area contributed by atoms with E-state index in [2.05, 4.69) is 10.2 Å². The van der Waals surface area contributed by atoms with Crippen LogP contribution in [0.3, 0.4) is 0 Å². The molecule has 2 aliphatic heterocycles. The fourth-order valence-electron chi connectivity index (χ4n) is 2.31. The molecule has 0 aliphatic carbocycles. The summed E-state index contributed by atoms with van der Waals surface area (Å²) in [4.78, 5) is 34.6. The van der Waals surface area contributed by atoms with Crippen molar-refractivity contribution < 1.29 is 19.1 Å². The minimum atomic E-state index is -0.604. The van der Waals surface area contributed by atoms with E-state index in [4.69, 9.17) is 15.2 Å². The predicted octanol–water partition coefficient (Wildman–Crippen LogP) is 0.316. The molecule has 3 N–H and O–H groups in total. The van der Waals surface area contributed by atoms with Crippen LogP contribution < -0.4 is 16.0 Å². The van der Waals surface area contributed by atoms with E-state index in [1.165, 1.54) is 13.3 Å². The SMILES string of the molecule is COC(=O)c1cn(-c2ccc(OCC(N)=O)cc2)cc2c(=O)[nH]nc1-2. The lowest BCUT2D eigenvalue weighted by Crippen LogP contribution is -2.20. The Labute approximate surface area is 141 Å².